The van der Waals surface area contributed by atoms with Crippen LogP contribution in [0.2, 0.25) is 0 Å². The zero-order valence-corrected chi connectivity index (χ0v) is 14.9. The molecule has 0 aliphatic rings. The van der Waals surface area contributed by atoms with Gasteiger partial charge in [0.05, 0.1) is 13.2 Å². The maximum absolute atomic E-state index is 12.7. The first-order valence-electron chi connectivity index (χ1n) is 8.34. The van der Waals surface area contributed by atoms with E-state index in [4.69, 9.17) is 9.84 Å². The second-order valence-electron chi connectivity index (χ2n) is 5.42. The largest absolute Gasteiger partial charge is 0.490 e. The maximum atomic E-state index is 12.7. The third kappa shape index (κ3) is 7.55. The first kappa shape index (κ1) is 21.0. The first-order chi connectivity index (χ1) is 12.0. The maximum Gasteiger partial charge on any atom is 0.387 e. The zero-order valence-electron chi connectivity index (χ0n) is 14.9. The summed E-state index contributed by atoms with van der Waals surface area (Å²) in [5.74, 6) is 0.875. The molecule has 0 aromatic heterocycles. The Balaban J connectivity index is 2.95. The summed E-state index contributed by atoms with van der Waals surface area (Å²) >= 11 is 0. The third-order valence-electron chi connectivity index (χ3n) is 3.25. The van der Waals surface area contributed by atoms with E-state index in [-0.39, 0.29) is 30.6 Å². The summed E-state index contributed by atoms with van der Waals surface area (Å²) in [7, 11) is 0. The standard InChI is InChI=1S/C17H27F2N3O3/c1-4-20-17(21-9-12(3)11-23)22-10-13-7-6-8-14(24-5-2)15(13)25-16(18)19/h6-8,12,16,23H,4-5,9-11H2,1-3H3,(H2,20,21,22). The van der Waals surface area contributed by atoms with Gasteiger partial charge in [-0.3, -0.25) is 0 Å². The average Bonchev–Trinajstić information content (AvgIpc) is 2.59. The summed E-state index contributed by atoms with van der Waals surface area (Å²) in [5.41, 5.74) is 0.499. The van der Waals surface area contributed by atoms with E-state index in [1.54, 1.807) is 25.1 Å². The lowest BCUT2D eigenvalue weighted by Gasteiger charge is -2.16. The smallest absolute Gasteiger partial charge is 0.387 e. The number of rotatable bonds is 10. The topological polar surface area (TPSA) is 75.1 Å². The molecular formula is C17H27F2N3O3. The molecule has 6 nitrogen and oxygen atoms in total. The Kier molecular flexibility index (Phi) is 9.61. The molecule has 8 heteroatoms. The highest BCUT2D eigenvalue weighted by Gasteiger charge is 2.15. The van der Waals surface area contributed by atoms with E-state index in [0.717, 1.165) is 0 Å². The van der Waals surface area contributed by atoms with Crippen LogP contribution in [-0.2, 0) is 6.54 Å². The molecule has 0 radical (unpaired) electrons. The van der Waals surface area contributed by atoms with Gasteiger partial charge in [0, 0.05) is 25.3 Å². The lowest BCUT2D eigenvalue weighted by Crippen LogP contribution is -2.39. The number of alkyl halides is 2. The lowest BCUT2D eigenvalue weighted by atomic mass is 10.2. The van der Waals surface area contributed by atoms with Crippen LogP contribution in [0.15, 0.2) is 23.2 Å². The quantitative estimate of drug-likeness (QED) is 0.442. The van der Waals surface area contributed by atoms with E-state index in [9.17, 15) is 8.78 Å². The van der Waals surface area contributed by atoms with Gasteiger partial charge in [0.15, 0.2) is 17.5 Å². The van der Waals surface area contributed by atoms with Crippen molar-refractivity contribution in [1.82, 2.24) is 10.6 Å². The van der Waals surface area contributed by atoms with Crippen LogP contribution in [-0.4, -0.2) is 44.0 Å². The summed E-state index contributed by atoms with van der Waals surface area (Å²) in [6, 6.07) is 4.97. The summed E-state index contributed by atoms with van der Waals surface area (Å²) < 4.78 is 35.5. The number of nitrogens with one attached hydrogen (secondary N) is 2. The number of hydrogen-bond acceptors (Lipinski definition) is 4. The fraction of sp³-hybridized carbons (Fsp3) is 0.588. The normalized spacial score (nSPS) is 12.8. The third-order valence-corrected chi connectivity index (χ3v) is 3.25. The minimum Gasteiger partial charge on any atom is -0.490 e. The molecule has 1 aromatic carbocycles. The molecule has 1 atom stereocenters. The van der Waals surface area contributed by atoms with Crippen LogP contribution in [0.25, 0.3) is 0 Å². The number of guanidine groups is 1. The fourth-order valence-electron chi connectivity index (χ4n) is 2.02. The van der Waals surface area contributed by atoms with Gasteiger partial charge >= 0.3 is 6.61 Å². The molecule has 0 spiro atoms. The van der Waals surface area contributed by atoms with Crippen molar-refractivity contribution in [3.05, 3.63) is 23.8 Å². The number of aliphatic imine (C=N–C) groups is 1. The van der Waals surface area contributed by atoms with Crippen molar-refractivity contribution in [3.63, 3.8) is 0 Å². The predicted octanol–water partition coefficient (Wildman–Crippen LogP) is 2.37. The van der Waals surface area contributed by atoms with Gasteiger partial charge in [-0.25, -0.2) is 4.99 Å². The minimum atomic E-state index is -2.94. The number of ether oxygens (including phenoxy) is 2. The van der Waals surface area contributed by atoms with Gasteiger partial charge in [-0.05, 0) is 25.8 Å². The van der Waals surface area contributed by atoms with Gasteiger partial charge in [0.1, 0.15) is 0 Å². The molecule has 1 rings (SSSR count). The lowest BCUT2D eigenvalue weighted by molar-refractivity contribution is -0.0520. The van der Waals surface area contributed by atoms with Crippen molar-refractivity contribution in [1.29, 1.82) is 0 Å². The van der Waals surface area contributed by atoms with Crippen LogP contribution in [0.5, 0.6) is 11.5 Å². The molecule has 0 bridgehead atoms. The second kappa shape index (κ2) is 11.5. The van der Waals surface area contributed by atoms with Crippen LogP contribution in [0, 0.1) is 5.92 Å². The molecule has 0 fully saturated rings. The van der Waals surface area contributed by atoms with Gasteiger partial charge in [-0.2, -0.15) is 8.78 Å². The molecule has 142 valence electrons. The summed E-state index contributed by atoms with van der Waals surface area (Å²) in [6.07, 6.45) is 0. The molecule has 0 heterocycles. The van der Waals surface area contributed by atoms with Crippen molar-refractivity contribution in [2.75, 3.05) is 26.3 Å². The van der Waals surface area contributed by atoms with E-state index >= 15 is 0 Å². The highest BCUT2D eigenvalue weighted by molar-refractivity contribution is 5.79. The number of halogens is 2. The van der Waals surface area contributed by atoms with Crippen molar-refractivity contribution in [2.24, 2.45) is 10.9 Å². The Morgan fingerprint density at radius 3 is 2.64 bits per heavy atom. The number of aliphatic hydroxyl groups is 1. The predicted molar refractivity (Wildman–Crippen MR) is 93.3 cm³/mol. The average molecular weight is 359 g/mol. The SMILES string of the molecule is CCNC(=NCc1cccc(OCC)c1OC(F)F)NCC(C)CO. The molecule has 0 aliphatic heterocycles. The highest BCUT2D eigenvalue weighted by Crippen LogP contribution is 2.33. The monoisotopic (exact) mass is 359 g/mol. The highest BCUT2D eigenvalue weighted by atomic mass is 19.3. The Bertz CT molecular complexity index is 542. The molecule has 0 saturated heterocycles. The number of hydrogen-bond donors (Lipinski definition) is 3. The Labute approximate surface area is 147 Å². The molecule has 0 saturated carbocycles. The first-order valence-corrected chi connectivity index (χ1v) is 8.34. The van der Waals surface area contributed by atoms with E-state index in [1.165, 1.54) is 0 Å². The van der Waals surface area contributed by atoms with Crippen molar-refractivity contribution in [2.45, 2.75) is 33.9 Å². The second-order valence-corrected chi connectivity index (χ2v) is 5.42. The van der Waals surface area contributed by atoms with E-state index in [0.29, 0.717) is 31.2 Å². The molecule has 25 heavy (non-hydrogen) atoms. The van der Waals surface area contributed by atoms with E-state index in [2.05, 4.69) is 20.4 Å². The van der Waals surface area contributed by atoms with Crippen molar-refractivity contribution in [3.8, 4) is 11.5 Å². The Morgan fingerprint density at radius 2 is 2.04 bits per heavy atom. The molecule has 0 amide bonds. The minimum absolute atomic E-state index is 0.00248. The Hall–Kier alpha value is -2.09. The molecular weight excluding hydrogens is 332 g/mol. The van der Waals surface area contributed by atoms with Crippen molar-refractivity contribution < 1.29 is 23.4 Å². The van der Waals surface area contributed by atoms with E-state index < -0.39 is 6.61 Å². The van der Waals surface area contributed by atoms with Gasteiger partial charge in [0.2, 0.25) is 0 Å². The van der Waals surface area contributed by atoms with Crippen LogP contribution in [0.4, 0.5) is 8.78 Å². The fourth-order valence-corrected chi connectivity index (χ4v) is 2.02. The van der Waals surface area contributed by atoms with Crippen LogP contribution in [0.1, 0.15) is 26.3 Å². The summed E-state index contributed by atoms with van der Waals surface area (Å²) in [6.45, 7) is 4.40. The number of aliphatic hydroxyl groups excluding tert-OH is 1. The van der Waals surface area contributed by atoms with Crippen LogP contribution < -0.4 is 20.1 Å². The van der Waals surface area contributed by atoms with Gasteiger partial charge in [-0.15, -0.1) is 0 Å². The summed E-state index contributed by atoms with van der Waals surface area (Å²) in [4.78, 5) is 4.39. The number of nitrogens with zero attached hydrogens (tertiary/aromatic N) is 1. The zero-order chi connectivity index (χ0) is 18.7. The van der Waals surface area contributed by atoms with Gasteiger partial charge < -0.3 is 25.2 Å². The van der Waals surface area contributed by atoms with Gasteiger partial charge in [-0.1, -0.05) is 19.1 Å². The number of para-hydroxylation sites is 1. The molecule has 0 aliphatic carbocycles. The molecule has 1 aromatic rings. The van der Waals surface area contributed by atoms with Crippen LogP contribution >= 0.6 is 0 Å². The van der Waals surface area contributed by atoms with E-state index in [1.807, 2.05) is 13.8 Å². The van der Waals surface area contributed by atoms with Crippen LogP contribution in [0.3, 0.4) is 0 Å². The number of benzene rings is 1. The van der Waals surface area contributed by atoms with Gasteiger partial charge in [0.25, 0.3) is 0 Å². The molecule has 1 unspecified atom stereocenters. The summed E-state index contributed by atoms with van der Waals surface area (Å²) in [5, 5.41) is 15.3. The van der Waals surface area contributed by atoms with Crippen molar-refractivity contribution >= 4 is 5.96 Å². The Morgan fingerprint density at radius 1 is 1.28 bits per heavy atom. The molecule has 3 N–H and O–H groups in total.